The second kappa shape index (κ2) is 29.8. The van der Waals surface area contributed by atoms with Gasteiger partial charge in [0.2, 0.25) is 0 Å². The molecule has 0 saturated heterocycles. The molecule has 2 atom stereocenters. The zero-order chi connectivity index (χ0) is 61.7. The lowest BCUT2D eigenvalue weighted by molar-refractivity contribution is -0.753. The fourth-order valence-corrected chi connectivity index (χ4v) is 12.5. The molecule has 0 aliphatic carbocycles. The standard InChI is InChI=1S/C31H30N4O4.2C24H20B/c1-24(32-19-15-28(16-20-32)5-3-26-7-11-30(12-8-26)34(36)37)23-25(2)33-21-17-29(18-22-33)6-4-27-9-13-31(14-10-27)35(38)39;2*1-5-13-21(14-6-1)25(22-15-7-2-8-16-22,23-17-9-3-10-18-23)24-19-11-4-12-20-24/h3-22,24-25H,23H2,1-2H3;2*1-20H/q+2;2*-1/b5-3+,6-4+;;. The average Bonchev–Trinajstić information content (AvgIpc) is 0.969. The third-order valence-electron chi connectivity index (χ3n) is 17.0. The molecule has 0 saturated carbocycles. The van der Waals surface area contributed by atoms with Crippen molar-refractivity contribution in [2.75, 3.05) is 0 Å². The lowest BCUT2D eigenvalue weighted by Crippen LogP contribution is -2.74. The molecule has 0 spiro atoms. The molecule has 2 aromatic heterocycles. The van der Waals surface area contributed by atoms with Crippen LogP contribution in [0.2, 0.25) is 0 Å². The van der Waals surface area contributed by atoms with Gasteiger partial charge in [-0.15, -0.1) is 0 Å². The van der Waals surface area contributed by atoms with Gasteiger partial charge in [-0.1, -0.05) is 267 Å². The molecule has 2 heterocycles. The molecule has 8 nitrogen and oxygen atoms in total. The summed E-state index contributed by atoms with van der Waals surface area (Å²) in [6.07, 6.45) is 14.7. The van der Waals surface area contributed by atoms with Gasteiger partial charge >= 0.3 is 0 Å². The van der Waals surface area contributed by atoms with E-state index in [9.17, 15) is 20.2 Å². The van der Waals surface area contributed by atoms with Crippen molar-refractivity contribution in [3.8, 4) is 0 Å². The Morgan fingerprint density at radius 3 is 0.652 bits per heavy atom. The molecule has 89 heavy (non-hydrogen) atoms. The largest absolute Gasteiger partial charge is 0.269 e. The van der Waals surface area contributed by atoms with Crippen molar-refractivity contribution in [2.24, 2.45) is 0 Å². The van der Waals surface area contributed by atoms with Gasteiger partial charge in [0.05, 0.1) is 16.3 Å². The highest BCUT2D eigenvalue weighted by atomic mass is 16.6. The Labute approximate surface area is 522 Å². The van der Waals surface area contributed by atoms with E-state index in [2.05, 4.69) is 315 Å². The first-order valence-electron chi connectivity index (χ1n) is 30.2. The topological polar surface area (TPSA) is 94.0 Å². The Morgan fingerprint density at radius 2 is 0.472 bits per heavy atom. The van der Waals surface area contributed by atoms with Crippen molar-refractivity contribution in [3.63, 3.8) is 0 Å². The summed E-state index contributed by atoms with van der Waals surface area (Å²) >= 11 is 0. The Hall–Kier alpha value is -11.1. The second-order valence-corrected chi connectivity index (χ2v) is 22.5. The van der Waals surface area contributed by atoms with Crippen molar-refractivity contribution in [1.82, 2.24) is 0 Å². The molecule has 0 N–H and O–H groups in total. The van der Waals surface area contributed by atoms with E-state index >= 15 is 0 Å². The number of aromatic nitrogens is 2. The molecule has 10 aromatic carbocycles. The zero-order valence-electron chi connectivity index (χ0n) is 50.1. The number of nitrogens with zero attached hydrogens (tertiary/aromatic N) is 4. The molecule has 436 valence electrons. The van der Waals surface area contributed by atoms with Crippen LogP contribution >= 0.6 is 0 Å². The summed E-state index contributed by atoms with van der Waals surface area (Å²) in [5, 5.41) is 21.6. The first-order valence-corrected chi connectivity index (χ1v) is 30.2. The van der Waals surface area contributed by atoms with Gasteiger partial charge < -0.3 is 0 Å². The maximum atomic E-state index is 10.8. The third-order valence-corrected chi connectivity index (χ3v) is 17.0. The average molecular weight is 1160 g/mol. The Bertz CT molecular complexity index is 3590. The van der Waals surface area contributed by atoms with Crippen LogP contribution in [-0.4, -0.2) is 22.1 Å². The summed E-state index contributed by atoms with van der Waals surface area (Å²) in [6.45, 7) is 4.40. The van der Waals surface area contributed by atoms with Gasteiger partial charge in [0, 0.05) is 48.5 Å². The smallest absolute Gasteiger partial charge is 0.258 e. The highest BCUT2D eigenvalue weighted by Crippen LogP contribution is 2.18. The zero-order valence-corrected chi connectivity index (χ0v) is 50.1. The minimum atomic E-state index is -1.22. The number of rotatable bonds is 18. The van der Waals surface area contributed by atoms with Crippen molar-refractivity contribution in [1.29, 1.82) is 0 Å². The molecule has 10 heteroatoms. The van der Waals surface area contributed by atoms with Crippen molar-refractivity contribution < 1.29 is 19.0 Å². The van der Waals surface area contributed by atoms with Crippen LogP contribution in [0, 0.1) is 20.2 Å². The molecular formula is C79H70B2N4O4. The van der Waals surface area contributed by atoms with Crippen LogP contribution in [0.4, 0.5) is 11.4 Å². The highest BCUT2D eigenvalue weighted by Gasteiger charge is 2.32. The summed E-state index contributed by atoms with van der Waals surface area (Å²) in [7, 11) is 0. The quantitative estimate of drug-likeness (QED) is 0.0370. The van der Waals surface area contributed by atoms with Crippen LogP contribution in [0.3, 0.4) is 0 Å². The molecule has 0 fully saturated rings. The van der Waals surface area contributed by atoms with Crippen LogP contribution in [0.25, 0.3) is 24.3 Å². The van der Waals surface area contributed by atoms with Crippen LogP contribution in [0.15, 0.2) is 340 Å². The minimum absolute atomic E-state index is 0.0849. The summed E-state index contributed by atoms with van der Waals surface area (Å²) in [4.78, 5) is 20.8. The van der Waals surface area contributed by atoms with Gasteiger partial charge in [-0.05, 0) is 60.4 Å². The maximum absolute atomic E-state index is 10.8. The molecule has 0 amide bonds. The number of nitro benzene ring substituents is 2. The van der Waals surface area contributed by atoms with E-state index in [0.717, 1.165) is 28.7 Å². The SMILES string of the molecule is CC(CC(C)[n+]1ccc(/C=C/c2ccc([N+](=O)[O-])cc2)cc1)[n+]1ccc(/C=C/c2ccc([N+](=O)[O-])cc2)cc1.c1ccc([B-](c2ccccc2)(c2ccccc2)c2ccccc2)cc1.c1ccc([B-](c2ccccc2)(c2ccccc2)c2ccccc2)cc1. The van der Waals surface area contributed by atoms with E-state index in [4.69, 9.17) is 0 Å². The Morgan fingerprint density at radius 1 is 0.292 bits per heavy atom. The number of non-ortho nitro benzene ring substituents is 2. The molecule has 12 rings (SSSR count). The van der Waals surface area contributed by atoms with E-state index in [1.165, 1.54) is 68.0 Å². The molecular weight excluding hydrogens is 1090 g/mol. The first-order chi connectivity index (χ1) is 43.6. The number of hydrogen-bond donors (Lipinski definition) is 0. The minimum Gasteiger partial charge on any atom is -0.258 e. The van der Waals surface area contributed by atoms with Gasteiger partial charge in [0.25, 0.3) is 11.4 Å². The molecule has 12 aromatic rings. The lowest BCUT2D eigenvalue weighted by atomic mass is 9.13. The van der Waals surface area contributed by atoms with E-state index < -0.39 is 22.1 Å². The predicted molar refractivity (Wildman–Crippen MR) is 371 cm³/mol. The van der Waals surface area contributed by atoms with Crippen LogP contribution < -0.4 is 52.8 Å². The highest BCUT2D eigenvalue weighted by molar-refractivity contribution is 7.20. The lowest BCUT2D eigenvalue weighted by Gasteiger charge is -2.44. The molecule has 0 aliphatic heterocycles. The number of nitro groups is 2. The van der Waals surface area contributed by atoms with Crippen molar-refractivity contribution in [3.05, 3.63) is 383 Å². The van der Waals surface area contributed by atoms with E-state index in [1.54, 1.807) is 24.3 Å². The third kappa shape index (κ3) is 14.8. The second-order valence-electron chi connectivity index (χ2n) is 22.5. The van der Waals surface area contributed by atoms with E-state index in [-0.39, 0.29) is 11.4 Å². The van der Waals surface area contributed by atoms with Gasteiger partial charge in [-0.3, -0.25) is 20.2 Å². The van der Waals surface area contributed by atoms with Crippen LogP contribution in [-0.2, 0) is 0 Å². The van der Waals surface area contributed by atoms with Crippen LogP contribution in [0.1, 0.15) is 54.6 Å². The monoisotopic (exact) mass is 1160 g/mol. The van der Waals surface area contributed by atoms with Crippen LogP contribution in [0.5, 0.6) is 0 Å². The number of hydrogen-bond acceptors (Lipinski definition) is 4. The summed E-state index contributed by atoms with van der Waals surface area (Å²) in [5.74, 6) is 0. The van der Waals surface area contributed by atoms with E-state index in [0.29, 0.717) is 12.1 Å². The first kappa shape index (κ1) is 61.0. The van der Waals surface area contributed by atoms with Gasteiger partial charge in [-0.2, -0.15) is 43.7 Å². The normalized spacial score (nSPS) is 12.0. The fraction of sp³-hybridized carbons (Fsp3) is 0.0633. The van der Waals surface area contributed by atoms with Crippen molar-refractivity contribution in [2.45, 2.75) is 32.4 Å². The van der Waals surface area contributed by atoms with E-state index in [1.807, 2.05) is 24.3 Å². The van der Waals surface area contributed by atoms with Gasteiger partial charge in [0.1, 0.15) is 12.3 Å². The number of benzene rings is 10. The molecule has 0 bridgehead atoms. The Balaban J connectivity index is 0.000000153. The predicted octanol–water partition coefficient (Wildman–Crippen LogP) is 12.8. The summed E-state index contributed by atoms with van der Waals surface area (Å²) in [5.41, 5.74) is 14.8. The number of pyridine rings is 2. The molecule has 0 aliphatic rings. The summed E-state index contributed by atoms with van der Waals surface area (Å²) < 4.78 is 4.39. The summed E-state index contributed by atoms with van der Waals surface area (Å²) in [6, 6.07) is 109. The van der Waals surface area contributed by atoms with Gasteiger partial charge in [-0.25, -0.2) is 9.13 Å². The van der Waals surface area contributed by atoms with Crippen molar-refractivity contribution >= 4 is 91.7 Å². The fourth-order valence-electron chi connectivity index (χ4n) is 12.5. The maximum Gasteiger partial charge on any atom is 0.269 e. The Kier molecular flexibility index (Phi) is 20.4. The molecule has 2 unspecified atom stereocenters. The molecule has 0 radical (unpaired) electrons. The van der Waals surface area contributed by atoms with Gasteiger partial charge in [0.15, 0.2) is 36.9 Å².